The van der Waals surface area contributed by atoms with Gasteiger partial charge in [0.2, 0.25) is 0 Å². The Kier molecular flexibility index (Phi) is 14.8. The Morgan fingerprint density at radius 2 is 1.56 bits per heavy atom. The van der Waals surface area contributed by atoms with Gasteiger partial charge in [0, 0.05) is 18.5 Å². The van der Waals surface area contributed by atoms with Crippen LogP contribution in [0, 0.1) is 17.2 Å². The summed E-state index contributed by atoms with van der Waals surface area (Å²) in [6.45, 7) is 6.01. The standard InChI is InChI=1S/C13H24BrNO3/c1-2-3-5-16-7-9-18-10-8-17-6-4-13(11-14)12-15/h13H,2-11H2,1H3. The van der Waals surface area contributed by atoms with Gasteiger partial charge in [0.15, 0.2) is 0 Å². The van der Waals surface area contributed by atoms with Crippen molar-refractivity contribution in [1.82, 2.24) is 0 Å². The molecule has 0 saturated heterocycles. The number of ether oxygens (including phenoxy) is 3. The molecule has 5 heteroatoms. The molecule has 0 fully saturated rings. The van der Waals surface area contributed by atoms with Crippen LogP contribution < -0.4 is 0 Å². The predicted octanol–water partition coefficient (Wildman–Crippen LogP) is 2.76. The van der Waals surface area contributed by atoms with E-state index in [9.17, 15) is 0 Å². The molecule has 0 N–H and O–H groups in total. The Hall–Kier alpha value is -0.150. The van der Waals surface area contributed by atoms with Crippen molar-refractivity contribution in [3.8, 4) is 6.07 Å². The molecular weight excluding hydrogens is 298 g/mol. The van der Waals surface area contributed by atoms with Crippen molar-refractivity contribution < 1.29 is 14.2 Å². The molecule has 0 aromatic heterocycles. The van der Waals surface area contributed by atoms with E-state index in [1.807, 2.05) is 0 Å². The number of nitriles is 1. The summed E-state index contributed by atoms with van der Waals surface area (Å²) in [5.41, 5.74) is 0. The van der Waals surface area contributed by atoms with Gasteiger partial charge in [-0.2, -0.15) is 5.26 Å². The van der Waals surface area contributed by atoms with Gasteiger partial charge in [0.1, 0.15) is 0 Å². The van der Waals surface area contributed by atoms with Crippen LogP contribution in [0.3, 0.4) is 0 Å². The number of unbranched alkanes of at least 4 members (excludes halogenated alkanes) is 1. The van der Waals surface area contributed by atoms with Crippen LogP contribution in [-0.2, 0) is 14.2 Å². The molecule has 0 aliphatic heterocycles. The first-order valence-electron chi connectivity index (χ1n) is 6.54. The zero-order valence-corrected chi connectivity index (χ0v) is 12.8. The first kappa shape index (κ1) is 17.8. The fourth-order valence-electron chi connectivity index (χ4n) is 1.19. The Bertz CT molecular complexity index is 209. The SMILES string of the molecule is CCCCOCCOCCOCCC(C#N)CBr. The smallest absolute Gasteiger partial charge is 0.0701 e. The highest BCUT2D eigenvalue weighted by Gasteiger charge is 2.04. The Balaban J connectivity index is 3.05. The molecule has 0 spiro atoms. The second kappa shape index (κ2) is 14.9. The topological polar surface area (TPSA) is 51.5 Å². The molecule has 106 valence electrons. The van der Waals surface area contributed by atoms with E-state index in [4.69, 9.17) is 19.5 Å². The van der Waals surface area contributed by atoms with Crippen LogP contribution in [0.4, 0.5) is 0 Å². The fourth-order valence-corrected chi connectivity index (χ4v) is 1.66. The highest BCUT2D eigenvalue weighted by molar-refractivity contribution is 9.09. The number of rotatable bonds is 13. The third-order valence-electron chi connectivity index (χ3n) is 2.37. The fraction of sp³-hybridized carbons (Fsp3) is 0.923. The van der Waals surface area contributed by atoms with Crippen molar-refractivity contribution >= 4 is 15.9 Å². The molecule has 1 unspecified atom stereocenters. The number of nitrogens with zero attached hydrogens (tertiary/aromatic N) is 1. The summed E-state index contributed by atoms with van der Waals surface area (Å²) < 4.78 is 16.1. The van der Waals surface area contributed by atoms with Crippen LogP contribution in [0.2, 0.25) is 0 Å². The average molecular weight is 322 g/mol. The number of hydrogen-bond donors (Lipinski definition) is 0. The molecule has 0 radical (unpaired) electrons. The van der Waals surface area contributed by atoms with Crippen LogP contribution in [0.25, 0.3) is 0 Å². The molecule has 0 bridgehead atoms. The molecule has 0 heterocycles. The third kappa shape index (κ3) is 12.3. The predicted molar refractivity (Wildman–Crippen MR) is 74.9 cm³/mol. The zero-order chi connectivity index (χ0) is 13.5. The van der Waals surface area contributed by atoms with Crippen molar-refractivity contribution in [1.29, 1.82) is 5.26 Å². The van der Waals surface area contributed by atoms with Crippen molar-refractivity contribution in [2.75, 3.05) is 45.0 Å². The van der Waals surface area contributed by atoms with Crippen LogP contribution in [0.1, 0.15) is 26.2 Å². The van der Waals surface area contributed by atoms with Gasteiger partial charge in [-0.25, -0.2) is 0 Å². The molecule has 1 atom stereocenters. The summed E-state index contributed by atoms with van der Waals surface area (Å²) in [6, 6.07) is 2.21. The van der Waals surface area contributed by atoms with Gasteiger partial charge in [-0.3, -0.25) is 0 Å². The zero-order valence-electron chi connectivity index (χ0n) is 11.2. The minimum absolute atomic E-state index is 0.0397. The Morgan fingerprint density at radius 1 is 1.00 bits per heavy atom. The number of alkyl halides is 1. The molecule has 4 nitrogen and oxygen atoms in total. The molecule has 0 rings (SSSR count). The van der Waals surface area contributed by atoms with Crippen LogP contribution in [0.5, 0.6) is 0 Å². The Morgan fingerprint density at radius 3 is 2.06 bits per heavy atom. The maximum atomic E-state index is 8.71. The van der Waals surface area contributed by atoms with Gasteiger partial charge < -0.3 is 14.2 Å². The molecular formula is C13H24BrNO3. The van der Waals surface area contributed by atoms with E-state index in [1.54, 1.807) is 0 Å². The maximum absolute atomic E-state index is 8.71. The van der Waals surface area contributed by atoms with Crippen molar-refractivity contribution in [3.63, 3.8) is 0 Å². The minimum Gasteiger partial charge on any atom is -0.379 e. The van der Waals surface area contributed by atoms with Gasteiger partial charge in [-0.15, -0.1) is 0 Å². The quantitative estimate of drug-likeness (QED) is 0.386. The lowest BCUT2D eigenvalue weighted by Gasteiger charge is -2.07. The molecule has 18 heavy (non-hydrogen) atoms. The van der Waals surface area contributed by atoms with Crippen molar-refractivity contribution in [2.24, 2.45) is 5.92 Å². The summed E-state index contributed by atoms with van der Waals surface area (Å²) in [6.07, 6.45) is 3.03. The molecule has 0 aliphatic carbocycles. The van der Waals surface area contributed by atoms with Gasteiger partial charge in [-0.05, 0) is 12.8 Å². The van der Waals surface area contributed by atoms with Crippen molar-refractivity contribution in [2.45, 2.75) is 26.2 Å². The summed E-state index contributed by atoms with van der Waals surface area (Å²) in [5, 5.41) is 9.42. The lowest BCUT2D eigenvalue weighted by Crippen LogP contribution is -2.11. The number of halogens is 1. The average Bonchev–Trinajstić information content (AvgIpc) is 2.40. The van der Waals surface area contributed by atoms with E-state index in [-0.39, 0.29) is 5.92 Å². The summed E-state index contributed by atoms with van der Waals surface area (Å²) >= 11 is 3.29. The summed E-state index contributed by atoms with van der Waals surface area (Å²) in [5.74, 6) is 0.0397. The first-order valence-corrected chi connectivity index (χ1v) is 7.66. The largest absolute Gasteiger partial charge is 0.379 e. The molecule has 0 aromatic rings. The maximum Gasteiger partial charge on any atom is 0.0701 e. The summed E-state index contributed by atoms with van der Waals surface area (Å²) in [7, 11) is 0. The van der Waals surface area contributed by atoms with Gasteiger partial charge in [0.25, 0.3) is 0 Å². The minimum atomic E-state index is 0.0397. The Labute approximate surface area is 119 Å². The van der Waals surface area contributed by atoms with E-state index >= 15 is 0 Å². The van der Waals surface area contributed by atoms with Crippen molar-refractivity contribution in [3.05, 3.63) is 0 Å². The van der Waals surface area contributed by atoms with Gasteiger partial charge >= 0.3 is 0 Å². The van der Waals surface area contributed by atoms with E-state index < -0.39 is 0 Å². The molecule has 0 saturated carbocycles. The van der Waals surface area contributed by atoms with Crippen LogP contribution in [0.15, 0.2) is 0 Å². The van der Waals surface area contributed by atoms with Gasteiger partial charge in [0.05, 0.1) is 38.4 Å². The monoisotopic (exact) mass is 321 g/mol. The normalized spacial score (nSPS) is 12.3. The van der Waals surface area contributed by atoms with E-state index in [0.29, 0.717) is 38.4 Å². The molecule has 0 aromatic carbocycles. The second-order valence-electron chi connectivity index (χ2n) is 3.96. The first-order chi connectivity index (χ1) is 8.85. The lowest BCUT2D eigenvalue weighted by atomic mass is 10.1. The second-order valence-corrected chi connectivity index (χ2v) is 4.61. The summed E-state index contributed by atoms with van der Waals surface area (Å²) in [4.78, 5) is 0. The van der Waals surface area contributed by atoms with E-state index in [2.05, 4.69) is 28.9 Å². The third-order valence-corrected chi connectivity index (χ3v) is 3.15. The molecule has 0 amide bonds. The van der Waals surface area contributed by atoms with E-state index in [1.165, 1.54) is 0 Å². The highest BCUT2D eigenvalue weighted by atomic mass is 79.9. The van der Waals surface area contributed by atoms with Gasteiger partial charge in [-0.1, -0.05) is 29.3 Å². The highest BCUT2D eigenvalue weighted by Crippen LogP contribution is 2.05. The van der Waals surface area contributed by atoms with E-state index in [0.717, 1.165) is 25.9 Å². The molecule has 0 aliphatic rings. The van der Waals surface area contributed by atoms with Crippen LogP contribution >= 0.6 is 15.9 Å². The van der Waals surface area contributed by atoms with Crippen LogP contribution in [-0.4, -0.2) is 45.0 Å². The number of hydrogen-bond acceptors (Lipinski definition) is 4. The lowest BCUT2D eigenvalue weighted by molar-refractivity contribution is 0.0129.